The number of nitrogens with one attached hydrogen (secondary N) is 1. The van der Waals surface area contributed by atoms with Crippen LogP contribution in [0, 0.1) is 52.3 Å². The van der Waals surface area contributed by atoms with Crippen LogP contribution in [0.25, 0.3) is 0 Å². The molecule has 5 nitrogen and oxygen atoms in total. The molecule has 0 saturated heterocycles. The quantitative estimate of drug-likeness (QED) is 0.357. The maximum Gasteiger partial charge on any atom is 0.267 e. The Balaban J connectivity index is 1.24. The molecule has 4 fully saturated rings. The van der Waals surface area contributed by atoms with Crippen LogP contribution in [0.1, 0.15) is 105 Å². The topological polar surface area (TPSA) is 72.5 Å². The van der Waals surface area contributed by atoms with Crippen LogP contribution in [-0.2, 0) is 14.8 Å². The molecule has 4 aliphatic rings. The van der Waals surface area contributed by atoms with Crippen molar-refractivity contribution in [1.82, 2.24) is 4.72 Å². The number of ether oxygens (including phenoxy) is 1. The van der Waals surface area contributed by atoms with Crippen LogP contribution in [0.15, 0.2) is 29.2 Å². The summed E-state index contributed by atoms with van der Waals surface area (Å²) in [4.78, 5) is 12.8. The summed E-state index contributed by atoms with van der Waals surface area (Å²) in [5, 5.41) is 0. The van der Waals surface area contributed by atoms with Gasteiger partial charge in [0.2, 0.25) is 5.91 Å². The molecule has 0 aromatic heterocycles. The van der Waals surface area contributed by atoms with Crippen molar-refractivity contribution in [3.8, 4) is 5.75 Å². The zero-order chi connectivity index (χ0) is 28.0. The third-order valence-electron chi connectivity index (χ3n) is 12.5. The van der Waals surface area contributed by atoms with Crippen molar-refractivity contribution in [3.05, 3.63) is 24.3 Å². The summed E-state index contributed by atoms with van der Waals surface area (Å²) in [7, 11) is -2.53. The van der Waals surface area contributed by atoms with Crippen LogP contribution in [0.3, 0.4) is 0 Å². The van der Waals surface area contributed by atoms with Gasteiger partial charge < -0.3 is 4.74 Å². The van der Waals surface area contributed by atoms with E-state index >= 15 is 0 Å². The third kappa shape index (κ3) is 5.06. The molecule has 0 radical (unpaired) electrons. The lowest BCUT2D eigenvalue weighted by atomic mass is 9.42. The first-order valence-corrected chi connectivity index (χ1v) is 17.2. The van der Waals surface area contributed by atoms with E-state index in [1.54, 1.807) is 18.2 Å². The molecule has 0 spiro atoms. The third-order valence-corrected chi connectivity index (χ3v) is 13.9. The molecule has 0 bridgehead atoms. The summed E-state index contributed by atoms with van der Waals surface area (Å²) < 4.78 is 33.2. The molecule has 1 N–H and O–H groups in total. The molecule has 218 valence electrons. The lowest BCUT2D eigenvalue weighted by Crippen LogP contribution is -2.55. The smallest absolute Gasteiger partial charge is 0.267 e. The number of carbonyl (C=O) groups excluding carboxylic acids is 1. The van der Waals surface area contributed by atoms with Gasteiger partial charge in [0, 0.05) is 6.42 Å². The Labute approximate surface area is 237 Å². The lowest BCUT2D eigenvalue weighted by molar-refractivity contribution is -0.138. The molecule has 0 aliphatic heterocycles. The maximum atomic E-state index is 12.9. The second-order valence-electron chi connectivity index (χ2n) is 14.1. The van der Waals surface area contributed by atoms with E-state index < -0.39 is 15.9 Å². The normalized spacial score (nSPS) is 38.7. The minimum atomic E-state index is -3.96. The largest absolute Gasteiger partial charge is 0.495 e. The standard InChI is InChI=1S/C33H51NO4S/c1-6-23-21-24-27-16-15-25(33(27,4)20-18-28(24)32(3)19-10-9-11-26(23)32)22(2)14-17-31(35)34-39(36,37)30-13-8-7-12-29(30)38-5/h7-8,12-13,22-28H,6,9-11,14-21H2,1-5H3,(H,34,35)/t22-,23+,24?,25-,26+,27?,28?,32+,33-/m1/s1. The van der Waals surface area contributed by atoms with Crippen molar-refractivity contribution < 1.29 is 17.9 Å². The van der Waals surface area contributed by atoms with Crippen molar-refractivity contribution in [3.63, 3.8) is 0 Å². The summed E-state index contributed by atoms with van der Waals surface area (Å²) in [6.07, 6.45) is 14.8. The minimum Gasteiger partial charge on any atom is -0.495 e. The number of carbonyl (C=O) groups is 1. The van der Waals surface area contributed by atoms with Gasteiger partial charge in [0.25, 0.3) is 10.0 Å². The number of para-hydroxylation sites is 1. The van der Waals surface area contributed by atoms with Crippen molar-refractivity contribution >= 4 is 15.9 Å². The van der Waals surface area contributed by atoms with Crippen LogP contribution in [0.5, 0.6) is 5.75 Å². The Morgan fingerprint density at radius 2 is 1.77 bits per heavy atom. The van der Waals surface area contributed by atoms with Crippen molar-refractivity contribution in [2.45, 2.75) is 110 Å². The number of hydrogen-bond donors (Lipinski definition) is 1. The van der Waals surface area contributed by atoms with E-state index in [1.165, 1.54) is 77.4 Å². The number of benzene rings is 1. The van der Waals surface area contributed by atoms with E-state index in [-0.39, 0.29) is 17.1 Å². The highest BCUT2D eigenvalue weighted by atomic mass is 32.2. The van der Waals surface area contributed by atoms with Gasteiger partial charge in [-0.25, -0.2) is 13.1 Å². The number of methoxy groups -OCH3 is 1. The van der Waals surface area contributed by atoms with Gasteiger partial charge in [0.05, 0.1) is 7.11 Å². The summed E-state index contributed by atoms with van der Waals surface area (Å²) >= 11 is 0. The van der Waals surface area contributed by atoms with Gasteiger partial charge in [-0.1, -0.05) is 59.1 Å². The van der Waals surface area contributed by atoms with Gasteiger partial charge in [-0.15, -0.1) is 0 Å². The zero-order valence-electron chi connectivity index (χ0n) is 24.9. The van der Waals surface area contributed by atoms with Crippen LogP contribution in [-0.4, -0.2) is 21.4 Å². The van der Waals surface area contributed by atoms with Gasteiger partial charge in [-0.3, -0.25) is 4.79 Å². The fraction of sp³-hybridized carbons (Fsp3) is 0.788. The lowest BCUT2D eigenvalue weighted by Gasteiger charge is -2.63. The maximum absolute atomic E-state index is 12.9. The van der Waals surface area contributed by atoms with Gasteiger partial charge in [-0.05, 0) is 116 Å². The molecule has 4 aliphatic carbocycles. The SMILES string of the molecule is CC[C@H]1CC2C3CC[C@H]([C@H](C)CCC(=O)NS(=O)(=O)c4ccccc4OC)[C@@]3(C)CCC2[C@@]2(C)CCCC[C@@H]12. The molecule has 0 heterocycles. The monoisotopic (exact) mass is 557 g/mol. The zero-order valence-corrected chi connectivity index (χ0v) is 25.7. The molecule has 39 heavy (non-hydrogen) atoms. The van der Waals surface area contributed by atoms with E-state index in [2.05, 4.69) is 32.4 Å². The number of rotatable bonds is 8. The van der Waals surface area contributed by atoms with Crippen LogP contribution in [0.2, 0.25) is 0 Å². The minimum absolute atomic E-state index is 0.00331. The first-order valence-electron chi connectivity index (χ1n) is 15.7. The number of hydrogen-bond acceptors (Lipinski definition) is 4. The molecular weight excluding hydrogens is 506 g/mol. The molecular formula is C33H51NO4S. The summed E-state index contributed by atoms with van der Waals surface area (Å²) in [5.41, 5.74) is 0.884. The van der Waals surface area contributed by atoms with Gasteiger partial charge >= 0.3 is 0 Å². The Morgan fingerprint density at radius 1 is 1.03 bits per heavy atom. The fourth-order valence-electron chi connectivity index (χ4n) is 10.7. The fourth-order valence-corrected chi connectivity index (χ4v) is 11.8. The van der Waals surface area contributed by atoms with Crippen molar-refractivity contribution in [2.75, 3.05) is 7.11 Å². The first-order chi connectivity index (χ1) is 18.5. The Morgan fingerprint density at radius 3 is 2.51 bits per heavy atom. The first kappa shape index (κ1) is 29.0. The predicted molar refractivity (Wildman–Crippen MR) is 156 cm³/mol. The molecule has 6 heteroatoms. The molecule has 1 aromatic rings. The molecule has 1 amide bonds. The molecule has 5 rings (SSSR count). The van der Waals surface area contributed by atoms with E-state index in [4.69, 9.17) is 4.74 Å². The van der Waals surface area contributed by atoms with Gasteiger partial charge in [0.15, 0.2) is 0 Å². The average Bonchev–Trinajstić information content (AvgIpc) is 3.28. The number of fused-ring (bicyclic) bond motifs is 5. The van der Waals surface area contributed by atoms with Gasteiger partial charge in [0.1, 0.15) is 10.6 Å². The summed E-state index contributed by atoms with van der Waals surface area (Å²) in [5.74, 6) is 5.21. The molecule has 4 saturated carbocycles. The predicted octanol–water partition coefficient (Wildman–Crippen LogP) is 7.60. The second-order valence-corrected chi connectivity index (χ2v) is 15.7. The average molecular weight is 558 g/mol. The second kappa shape index (κ2) is 11.0. The van der Waals surface area contributed by atoms with E-state index in [1.807, 2.05) is 0 Å². The highest BCUT2D eigenvalue weighted by Crippen LogP contribution is 2.69. The van der Waals surface area contributed by atoms with Crippen LogP contribution < -0.4 is 9.46 Å². The van der Waals surface area contributed by atoms with Gasteiger partial charge in [-0.2, -0.15) is 0 Å². The van der Waals surface area contributed by atoms with Crippen LogP contribution in [0.4, 0.5) is 0 Å². The summed E-state index contributed by atoms with van der Waals surface area (Å²) in [6.45, 7) is 9.98. The number of sulfonamides is 1. The van der Waals surface area contributed by atoms with Crippen molar-refractivity contribution in [1.29, 1.82) is 0 Å². The highest BCUT2D eigenvalue weighted by Gasteiger charge is 2.61. The Bertz CT molecular complexity index is 1150. The van der Waals surface area contributed by atoms with E-state index in [0.717, 1.165) is 36.0 Å². The molecule has 3 unspecified atom stereocenters. The molecule has 1 aromatic carbocycles. The van der Waals surface area contributed by atoms with E-state index in [9.17, 15) is 13.2 Å². The van der Waals surface area contributed by atoms with E-state index in [0.29, 0.717) is 22.7 Å². The summed E-state index contributed by atoms with van der Waals surface area (Å²) in [6, 6.07) is 6.42. The van der Waals surface area contributed by atoms with Crippen molar-refractivity contribution in [2.24, 2.45) is 52.3 Å². The Kier molecular flexibility index (Phi) is 8.18. The Hall–Kier alpha value is -1.56. The molecule has 9 atom stereocenters. The number of amides is 1. The van der Waals surface area contributed by atoms with Crippen LogP contribution >= 0.6 is 0 Å². The highest BCUT2D eigenvalue weighted by molar-refractivity contribution is 7.90.